The fraction of sp³-hybridized carbons (Fsp3) is 0.318. The molecule has 0 aliphatic carbocycles. The van der Waals surface area contributed by atoms with E-state index in [1.165, 1.54) is 32.4 Å². The number of piperidine rings is 1. The molecular formula is C22H30N10O. The maximum Gasteiger partial charge on any atom is 0.275 e. The van der Waals surface area contributed by atoms with Crippen molar-refractivity contribution in [3.8, 4) is 11.1 Å². The van der Waals surface area contributed by atoms with Gasteiger partial charge in [0.2, 0.25) is 0 Å². The molecule has 3 aromatic rings. The van der Waals surface area contributed by atoms with E-state index in [-0.39, 0.29) is 17.4 Å². The molecule has 1 aliphatic heterocycles. The van der Waals surface area contributed by atoms with Crippen molar-refractivity contribution in [2.24, 2.45) is 23.8 Å². The molecule has 1 amide bonds. The lowest BCUT2D eigenvalue weighted by Crippen LogP contribution is -2.34. The summed E-state index contributed by atoms with van der Waals surface area (Å²) in [5.41, 5.74) is 5.63. The topological polar surface area (TPSA) is 161 Å². The molecule has 11 heteroatoms. The zero-order valence-corrected chi connectivity index (χ0v) is 18.9. The summed E-state index contributed by atoms with van der Waals surface area (Å²) in [6, 6.07) is 7.05. The molecule has 11 nitrogen and oxygen atoms in total. The number of nitrogens with one attached hydrogen (secondary N) is 3. The largest absolute Gasteiger partial charge is 0.321 e. The Bertz CT molecular complexity index is 1080. The van der Waals surface area contributed by atoms with Crippen LogP contribution in [-0.2, 0) is 7.05 Å². The van der Waals surface area contributed by atoms with Gasteiger partial charge in [0.05, 0.1) is 6.20 Å². The van der Waals surface area contributed by atoms with Gasteiger partial charge in [-0.2, -0.15) is 10.2 Å². The van der Waals surface area contributed by atoms with E-state index in [0.29, 0.717) is 11.5 Å². The predicted molar refractivity (Wildman–Crippen MR) is 128 cm³/mol. The summed E-state index contributed by atoms with van der Waals surface area (Å²) >= 11 is 0. The number of hydrogen-bond acceptors (Lipinski definition) is 8. The van der Waals surface area contributed by atoms with Gasteiger partial charge in [0.1, 0.15) is 17.2 Å². The average molecular weight is 451 g/mol. The highest BCUT2D eigenvalue weighted by molar-refractivity contribution is 6.04. The third-order valence-electron chi connectivity index (χ3n) is 5.18. The number of rotatable bonds is 4. The number of aromatic nitrogens is 4. The zero-order valence-electron chi connectivity index (χ0n) is 18.9. The fourth-order valence-electron chi connectivity index (χ4n) is 3.37. The van der Waals surface area contributed by atoms with Crippen LogP contribution in [0.25, 0.3) is 11.1 Å². The molecule has 33 heavy (non-hydrogen) atoms. The number of pyridine rings is 2. The Morgan fingerprint density at radius 1 is 1.15 bits per heavy atom. The molecule has 0 bridgehead atoms. The van der Waals surface area contributed by atoms with Crippen molar-refractivity contribution in [2.45, 2.75) is 26.2 Å². The van der Waals surface area contributed by atoms with Gasteiger partial charge in [-0.25, -0.2) is 10.8 Å². The number of hydrogen-bond donors (Lipinski definition) is 5. The first-order valence-electron chi connectivity index (χ1n) is 10.7. The number of anilines is 1. The first kappa shape index (κ1) is 23.8. The van der Waals surface area contributed by atoms with E-state index < -0.39 is 0 Å². The highest BCUT2D eigenvalue weighted by atomic mass is 16.1. The minimum absolute atomic E-state index is 0.263. The summed E-state index contributed by atoms with van der Waals surface area (Å²) < 4.78 is 1.59. The highest BCUT2D eigenvalue weighted by Crippen LogP contribution is 2.23. The van der Waals surface area contributed by atoms with Crippen LogP contribution in [0.3, 0.4) is 0 Å². The third-order valence-corrected chi connectivity index (χ3v) is 5.18. The van der Waals surface area contributed by atoms with Gasteiger partial charge in [-0.15, -0.1) is 0 Å². The number of hydrazine groups is 1. The Morgan fingerprint density at radius 3 is 2.48 bits per heavy atom. The van der Waals surface area contributed by atoms with Gasteiger partial charge in [-0.1, -0.05) is 18.6 Å². The van der Waals surface area contributed by atoms with Crippen molar-refractivity contribution in [3.05, 3.63) is 59.8 Å². The molecule has 0 spiro atoms. The number of aryl methyl sites for hydroxylation is 2. The molecule has 4 rings (SSSR count). The van der Waals surface area contributed by atoms with Crippen LogP contribution in [0.1, 0.15) is 41.0 Å². The monoisotopic (exact) mass is 450 g/mol. The van der Waals surface area contributed by atoms with E-state index >= 15 is 0 Å². The Balaban J connectivity index is 0.000000442. The van der Waals surface area contributed by atoms with Crippen LogP contribution in [0.5, 0.6) is 0 Å². The average Bonchev–Trinajstić information content (AvgIpc) is 3.24. The molecule has 1 aliphatic rings. The number of nitrogens with two attached hydrogens (primary N) is 2. The Morgan fingerprint density at radius 2 is 1.94 bits per heavy atom. The normalized spacial score (nSPS) is 13.6. The molecule has 0 aromatic carbocycles. The van der Waals surface area contributed by atoms with E-state index in [4.69, 9.17) is 11.7 Å². The van der Waals surface area contributed by atoms with Crippen LogP contribution in [0, 0.1) is 6.92 Å². The van der Waals surface area contributed by atoms with E-state index in [9.17, 15) is 4.79 Å². The summed E-state index contributed by atoms with van der Waals surface area (Å²) in [4.78, 5) is 20.8. The lowest BCUT2D eigenvalue weighted by atomic mass is 10.1. The standard InChI is InChI=1S/C17H19N9O.C5H11N/c1-10-4-3-7-20-15(10)23-17(27)13-6-5-11(8-21-13)12-9-22-26(2)14(12)16(24-18)25-19;1-2-4-6-5-3-1/h3-9H,18-19H2,1-2H3,(H,24,25)(H,20,23,27);6H,1-5H2. The fourth-order valence-corrected chi connectivity index (χ4v) is 3.37. The zero-order chi connectivity index (χ0) is 23.6. The van der Waals surface area contributed by atoms with Gasteiger partial charge in [0.15, 0.2) is 5.84 Å². The molecule has 174 valence electrons. The number of amidine groups is 1. The lowest BCUT2D eigenvalue weighted by molar-refractivity contribution is 0.102. The van der Waals surface area contributed by atoms with E-state index in [0.717, 1.165) is 16.7 Å². The van der Waals surface area contributed by atoms with Gasteiger partial charge in [-0.05, 0) is 50.6 Å². The molecular weight excluding hydrogens is 420 g/mol. The van der Waals surface area contributed by atoms with Crippen LogP contribution in [0.4, 0.5) is 5.82 Å². The van der Waals surface area contributed by atoms with Gasteiger partial charge in [-0.3, -0.25) is 14.5 Å². The summed E-state index contributed by atoms with van der Waals surface area (Å²) in [6.07, 6.45) is 9.05. The highest BCUT2D eigenvalue weighted by Gasteiger charge is 2.17. The van der Waals surface area contributed by atoms with Gasteiger partial charge < -0.3 is 21.9 Å². The second-order valence-corrected chi connectivity index (χ2v) is 7.52. The Labute approximate surface area is 192 Å². The van der Waals surface area contributed by atoms with Crippen LogP contribution < -0.4 is 27.7 Å². The molecule has 4 heterocycles. The molecule has 1 saturated heterocycles. The van der Waals surface area contributed by atoms with E-state index in [1.807, 2.05) is 13.0 Å². The molecule has 7 N–H and O–H groups in total. The van der Waals surface area contributed by atoms with Crippen LogP contribution in [0.2, 0.25) is 0 Å². The van der Waals surface area contributed by atoms with Crippen molar-refractivity contribution >= 4 is 17.6 Å². The number of nitrogens with zero attached hydrogens (tertiary/aromatic N) is 5. The number of hydrazone groups is 1. The van der Waals surface area contributed by atoms with Crippen molar-refractivity contribution in [1.82, 2.24) is 30.5 Å². The lowest BCUT2D eigenvalue weighted by Gasteiger charge is -2.09. The van der Waals surface area contributed by atoms with Crippen LogP contribution in [0.15, 0.2) is 48.0 Å². The number of amides is 1. The summed E-state index contributed by atoms with van der Waals surface area (Å²) in [5.74, 6) is 11.3. The first-order chi connectivity index (χ1) is 16.0. The van der Waals surface area contributed by atoms with E-state index in [2.05, 4.69) is 36.2 Å². The second-order valence-electron chi connectivity index (χ2n) is 7.52. The minimum atomic E-state index is -0.345. The Hall–Kier alpha value is -3.83. The summed E-state index contributed by atoms with van der Waals surface area (Å²) in [7, 11) is 1.74. The number of carbonyl (C=O) groups excluding carboxylic acids is 1. The van der Waals surface area contributed by atoms with Gasteiger partial charge in [0.25, 0.3) is 5.91 Å². The second kappa shape index (κ2) is 11.7. The van der Waals surface area contributed by atoms with Crippen LogP contribution >= 0.6 is 0 Å². The maximum atomic E-state index is 12.4. The van der Waals surface area contributed by atoms with Crippen molar-refractivity contribution < 1.29 is 4.79 Å². The molecule has 0 saturated carbocycles. The quantitative estimate of drug-likeness (QED) is 0.172. The van der Waals surface area contributed by atoms with Crippen molar-refractivity contribution in [1.29, 1.82) is 0 Å². The molecule has 0 radical (unpaired) electrons. The van der Waals surface area contributed by atoms with Crippen LogP contribution in [-0.4, -0.2) is 44.6 Å². The first-order valence-corrected chi connectivity index (χ1v) is 10.7. The van der Waals surface area contributed by atoms with Gasteiger partial charge in [0, 0.05) is 30.6 Å². The maximum absolute atomic E-state index is 12.4. The predicted octanol–water partition coefficient (Wildman–Crippen LogP) is 1.28. The molecule has 0 atom stereocenters. The molecule has 3 aromatic heterocycles. The molecule has 1 fully saturated rings. The Kier molecular flexibility index (Phi) is 8.44. The van der Waals surface area contributed by atoms with Crippen molar-refractivity contribution in [3.63, 3.8) is 0 Å². The molecule has 0 unspecified atom stereocenters. The third kappa shape index (κ3) is 6.11. The summed E-state index contributed by atoms with van der Waals surface area (Å²) in [6.45, 7) is 4.37. The van der Waals surface area contributed by atoms with Crippen molar-refractivity contribution in [2.75, 3.05) is 18.4 Å². The van der Waals surface area contributed by atoms with Gasteiger partial charge >= 0.3 is 0 Å². The summed E-state index contributed by atoms with van der Waals surface area (Å²) in [5, 5.41) is 13.9. The number of carbonyl (C=O) groups is 1. The minimum Gasteiger partial charge on any atom is -0.321 e. The van der Waals surface area contributed by atoms with E-state index in [1.54, 1.807) is 48.5 Å². The smallest absolute Gasteiger partial charge is 0.275 e. The SMILES string of the molecule is C1CCNCC1.Cc1cccnc1NC(=O)c1ccc(-c2cnn(C)c2/C(=N/N)NN)cn1.